The monoisotopic (exact) mass is 329 g/mol. The van der Waals surface area contributed by atoms with E-state index in [1.54, 1.807) is 12.2 Å². The molecular formula is C19H23NO4. The molecule has 0 saturated carbocycles. The van der Waals surface area contributed by atoms with Crippen molar-refractivity contribution in [2.75, 3.05) is 14.2 Å². The van der Waals surface area contributed by atoms with Gasteiger partial charge in [-0.2, -0.15) is 0 Å². The molecule has 0 bridgehead atoms. The average molecular weight is 329 g/mol. The molecular weight excluding hydrogens is 306 g/mol. The maximum Gasteiger partial charge on any atom is 0.330 e. The lowest BCUT2D eigenvalue weighted by Gasteiger charge is -2.21. The fourth-order valence-electron chi connectivity index (χ4n) is 2.99. The van der Waals surface area contributed by atoms with Gasteiger partial charge in [0.05, 0.1) is 14.2 Å². The van der Waals surface area contributed by atoms with Crippen LogP contribution in [-0.2, 0) is 24.6 Å². The molecule has 1 atom stereocenters. The van der Waals surface area contributed by atoms with Crippen LogP contribution in [-0.4, -0.2) is 26.2 Å². The van der Waals surface area contributed by atoms with Crippen LogP contribution in [0.15, 0.2) is 24.3 Å². The fourth-order valence-corrected chi connectivity index (χ4v) is 2.99. The Bertz CT molecular complexity index is 716. The first-order valence-corrected chi connectivity index (χ1v) is 7.76. The molecule has 1 heterocycles. The molecule has 0 aliphatic carbocycles. The molecule has 1 aromatic rings. The minimum absolute atomic E-state index is 0.160. The van der Waals surface area contributed by atoms with Gasteiger partial charge in [-0.15, -0.1) is 0 Å². The van der Waals surface area contributed by atoms with Gasteiger partial charge in [-0.3, -0.25) is 0 Å². The van der Waals surface area contributed by atoms with Crippen molar-refractivity contribution < 1.29 is 19.1 Å². The first-order chi connectivity index (χ1) is 11.3. The van der Waals surface area contributed by atoms with Gasteiger partial charge in [-0.1, -0.05) is 0 Å². The molecule has 0 spiro atoms. The zero-order valence-corrected chi connectivity index (χ0v) is 14.7. The van der Waals surface area contributed by atoms with E-state index >= 15 is 0 Å². The van der Waals surface area contributed by atoms with Crippen LogP contribution in [0.2, 0.25) is 0 Å². The number of methoxy groups -OCH3 is 2. The van der Waals surface area contributed by atoms with Crippen LogP contribution in [0.25, 0.3) is 12.2 Å². The number of ether oxygens (including phenoxy) is 2. The third kappa shape index (κ3) is 3.74. The van der Waals surface area contributed by atoms with Crippen molar-refractivity contribution in [3.63, 3.8) is 0 Å². The number of hydrogen-bond donors (Lipinski definition) is 1. The molecule has 1 aliphatic heterocycles. The molecule has 0 saturated heterocycles. The Labute approximate surface area is 142 Å². The Balaban J connectivity index is 2.53. The normalized spacial score (nSPS) is 18.8. The quantitative estimate of drug-likeness (QED) is 0.679. The van der Waals surface area contributed by atoms with E-state index in [-0.39, 0.29) is 11.6 Å². The zero-order valence-electron chi connectivity index (χ0n) is 14.7. The van der Waals surface area contributed by atoms with Gasteiger partial charge in [-0.25, -0.2) is 9.59 Å². The van der Waals surface area contributed by atoms with Crippen LogP contribution in [0, 0.1) is 0 Å². The highest BCUT2D eigenvalue weighted by molar-refractivity contribution is 5.90. The van der Waals surface area contributed by atoms with Gasteiger partial charge in [-0.05, 0) is 67.3 Å². The molecule has 2 rings (SSSR count). The summed E-state index contributed by atoms with van der Waals surface area (Å²) in [6, 6.07) is 4.29. The third-order valence-corrected chi connectivity index (χ3v) is 4.17. The second-order valence-electron chi connectivity index (χ2n) is 6.27. The van der Waals surface area contributed by atoms with Gasteiger partial charge in [0.2, 0.25) is 0 Å². The summed E-state index contributed by atoms with van der Waals surface area (Å²) in [5.41, 5.74) is 3.87. The highest BCUT2D eigenvalue weighted by atomic mass is 16.5. The van der Waals surface area contributed by atoms with E-state index in [0.29, 0.717) is 0 Å². The molecule has 5 nitrogen and oxygen atoms in total. The van der Waals surface area contributed by atoms with Crippen molar-refractivity contribution in [2.45, 2.75) is 32.4 Å². The lowest BCUT2D eigenvalue weighted by molar-refractivity contribution is -0.135. The molecule has 0 radical (unpaired) electrons. The molecule has 0 amide bonds. The molecule has 24 heavy (non-hydrogen) atoms. The number of esters is 2. The topological polar surface area (TPSA) is 64.6 Å². The maximum atomic E-state index is 11.4. The summed E-state index contributed by atoms with van der Waals surface area (Å²) in [4.78, 5) is 22.8. The summed E-state index contributed by atoms with van der Waals surface area (Å²) in [7, 11) is 2.67. The molecule has 1 aromatic carbocycles. The highest BCUT2D eigenvalue weighted by Gasteiger charge is 2.34. The van der Waals surface area contributed by atoms with Gasteiger partial charge >= 0.3 is 11.9 Å². The summed E-state index contributed by atoms with van der Waals surface area (Å²) < 4.78 is 9.29. The second kappa shape index (κ2) is 7.01. The number of rotatable bonds is 4. The lowest BCUT2D eigenvalue weighted by atomic mass is 9.89. The minimum Gasteiger partial charge on any atom is -0.466 e. The van der Waals surface area contributed by atoms with E-state index in [1.165, 1.54) is 37.5 Å². The Morgan fingerprint density at radius 1 is 1.04 bits per heavy atom. The van der Waals surface area contributed by atoms with Crippen LogP contribution >= 0.6 is 0 Å². The number of carbonyl (C=O) groups excluding carboxylic acids is 2. The second-order valence-corrected chi connectivity index (χ2v) is 6.27. The van der Waals surface area contributed by atoms with E-state index < -0.39 is 11.9 Å². The molecule has 1 unspecified atom stereocenters. The predicted molar refractivity (Wildman–Crippen MR) is 93.1 cm³/mol. The standard InChI is InChI=1S/C19H23NO4/c1-12-15-10-13(6-8-17(21)23-4)14(7-9-18(22)24-5)11-16(15)19(2,3)20-12/h6-12,20H,1-5H3/b8-6+,9-7+. The summed E-state index contributed by atoms with van der Waals surface area (Å²) in [6.45, 7) is 6.34. The molecule has 1 aliphatic rings. The number of benzene rings is 1. The number of fused-ring (bicyclic) bond motifs is 1. The molecule has 1 N–H and O–H groups in total. The first-order valence-electron chi connectivity index (χ1n) is 7.76. The molecule has 128 valence electrons. The van der Waals surface area contributed by atoms with E-state index in [2.05, 4.69) is 35.6 Å². The van der Waals surface area contributed by atoms with Gasteiger partial charge in [0.25, 0.3) is 0 Å². The fraction of sp³-hybridized carbons (Fsp3) is 0.368. The predicted octanol–water partition coefficient (Wildman–Crippen LogP) is 2.96. The highest BCUT2D eigenvalue weighted by Crippen LogP contribution is 2.39. The average Bonchev–Trinajstić information content (AvgIpc) is 2.78. The van der Waals surface area contributed by atoms with Crippen LogP contribution in [0.3, 0.4) is 0 Å². The van der Waals surface area contributed by atoms with Crippen molar-refractivity contribution >= 4 is 24.1 Å². The molecule has 5 heteroatoms. The van der Waals surface area contributed by atoms with Crippen LogP contribution in [0.5, 0.6) is 0 Å². The largest absolute Gasteiger partial charge is 0.466 e. The Hall–Kier alpha value is -2.40. The minimum atomic E-state index is -0.427. The summed E-state index contributed by atoms with van der Waals surface area (Å²) in [5.74, 6) is -0.853. The summed E-state index contributed by atoms with van der Waals surface area (Å²) >= 11 is 0. The number of carbonyl (C=O) groups is 2. The van der Waals surface area contributed by atoms with Gasteiger partial charge in [0.15, 0.2) is 0 Å². The van der Waals surface area contributed by atoms with Gasteiger partial charge in [0.1, 0.15) is 0 Å². The van der Waals surface area contributed by atoms with E-state index in [4.69, 9.17) is 0 Å². The Kier molecular flexibility index (Phi) is 5.24. The van der Waals surface area contributed by atoms with Crippen LogP contribution in [0.4, 0.5) is 0 Å². The van der Waals surface area contributed by atoms with E-state index in [9.17, 15) is 9.59 Å². The van der Waals surface area contributed by atoms with Crippen LogP contribution < -0.4 is 5.32 Å². The van der Waals surface area contributed by atoms with Gasteiger partial charge < -0.3 is 14.8 Å². The van der Waals surface area contributed by atoms with E-state index in [0.717, 1.165) is 11.1 Å². The SMILES string of the molecule is COC(=O)/C=C/c1cc2c(cc1/C=C/C(=O)OC)C(C)(C)NC2C. The Morgan fingerprint density at radius 2 is 1.54 bits per heavy atom. The van der Waals surface area contributed by atoms with Crippen molar-refractivity contribution in [1.82, 2.24) is 5.32 Å². The summed E-state index contributed by atoms with van der Waals surface area (Å²) in [6.07, 6.45) is 6.13. The zero-order chi connectivity index (χ0) is 17.9. The summed E-state index contributed by atoms with van der Waals surface area (Å²) in [5, 5.41) is 3.53. The smallest absolute Gasteiger partial charge is 0.330 e. The van der Waals surface area contributed by atoms with Crippen LogP contribution in [0.1, 0.15) is 49.1 Å². The van der Waals surface area contributed by atoms with E-state index in [1.807, 2.05) is 12.1 Å². The van der Waals surface area contributed by atoms with Gasteiger partial charge in [0, 0.05) is 23.7 Å². The van der Waals surface area contributed by atoms with Crippen molar-refractivity contribution in [3.8, 4) is 0 Å². The Morgan fingerprint density at radius 3 is 2.04 bits per heavy atom. The van der Waals surface area contributed by atoms with Crippen molar-refractivity contribution in [2.24, 2.45) is 0 Å². The first kappa shape index (κ1) is 17.9. The third-order valence-electron chi connectivity index (χ3n) is 4.17. The number of hydrogen-bond acceptors (Lipinski definition) is 5. The lowest BCUT2D eigenvalue weighted by Crippen LogP contribution is -2.30. The maximum absolute atomic E-state index is 11.4. The molecule has 0 fully saturated rings. The van der Waals surface area contributed by atoms with Crippen molar-refractivity contribution in [1.29, 1.82) is 0 Å². The molecule has 0 aromatic heterocycles. The van der Waals surface area contributed by atoms with Crippen molar-refractivity contribution in [3.05, 3.63) is 46.5 Å². The number of nitrogens with one attached hydrogen (secondary N) is 1.